The Morgan fingerprint density at radius 1 is 1.00 bits per heavy atom. The van der Waals surface area contributed by atoms with Gasteiger partial charge in [-0.25, -0.2) is 5.43 Å². The minimum absolute atomic E-state index is 1.10. The third kappa shape index (κ3) is 3.25. The van der Waals surface area contributed by atoms with Gasteiger partial charge < -0.3 is 5.43 Å². The summed E-state index contributed by atoms with van der Waals surface area (Å²) in [6.45, 7) is 2.11. The summed E-state index contributed by atoms with van der Waals surface area (Å²) in [4.78, 5) is 2.47. The molecule has 2 aromatic rings. The summed E-state index contributed by atoms with van der Waals surface area (Å²) in [5.41, 5.74) is 8.49. The van der Waals surface area contributed by atoms with Crippen molar-refractivity contribution in [2.45, 2.75) is 16.7 Å². The van der Waals surface area contributed by atoms with Gasteiger partial charge in [-0.05, 0) is 36.8 Å². The highest BCUT2D eigenvalue weighted by Gasteiger charge is 2.04. The third-order valence-corrected chi connectivity index (χ3v) is 3.43. The van der Waals surface area contributed by atoms with Gasteiger partial charge in [0.25, 0.3) is 0 Å². The number of aryl methyl sites for hydroxylation is 1. The summed E-state index contributed by atoms with van der Waals surface area (Å²) in [7, 11) is 1.87. The molecule has 2 N–H and O–H groups in total. The topological polar surface area (TPSA) is 24.1 Å². The predicted molar refractivity (Wildman–Crippen MR) is 74.4 cm³/mol. The number of nitrogens with one attached hydrogen (secondary N) is 2. The summed E-state index contributed by atoms with van der Waals surface area (Å²) in [6.07, 6.45) is 0. The molecule has 0 spiro atoms. The van der Waals surface area contributed by atoms with Crippen molar-refractivity contribution >= 4 is 17.4 Å². The fraction of sp³-hybridized carbons (Fsp3) is 0.143. The second-order valence-electron chi connectivity index (χ2n) is 3.79. The first kappa shape index (κ1) is 12.0. The molecule has 2 rings (SSSR count). The number of benzene rings is 2. The van der Waals surface area contributed by atoms with E-state index in [2.05, 4.69) is 60.2 Å². The number of hydrazine groups is 1. The quantitative estimate of drug-likeness (QED) is 0.802. The van der Waals surface area contributed by atoms with E-state index < -0.39 is 0 Å². The van der Waals surface area contributed by atoms with E-state index >= 15 is 0 Å². The van der Waals surface area contributed by atoms with Gasteiger partial charge >= 0.3 is 0 Å². The molecule has 88 valence electrons. The van der Waals surface area contributed by atoms with Crippen molar-refractivity contribution in [1.82, 2.24) is 5.43 Å². The molecule has 2 aromatic carbocycles. The van der Waals surface area contributed by atoms with Crippen molar-refractivity contribution in [2.24, 2.45) is 0 Å². The zero-order valence-corrected chi connectivity index (χ0v) is 10.8. The highest BCUT2D eigenvalue weighted by atomic mass is 32.2. The third-order valence-electron chi connectivity index (χ3n) is 2.37. The lowest BCUT2D eigenvalue weighted by molar-refractivity contribution is 0.973. The molecule has 0 saturated heterocycles. The van der Waals surface area contributed by atoms with Crippen molar-refractivity contribution in [1.29, 1.82) is 0 Å². The van der Waals surface area contributed by atoms with Crippen LogP contribution in [0.2, 0.25) is 0 Å². The van der Waals surface area contributed by atoms with Crippen LogP contribution in [0.5, 0.6) is 0 Å². The van der Waals surface area contributed by atoms with Crippen LogP contribution in [-0.2, 0) is 0 Å². The maximum absolute atomic E-state index is 3.15. The van der Waals surface area contributed by atoms with Gasteiger partial charge in [0.15, 0.2) is 0 Å². The zero-order chi connectivity index (χ0) is 12.1. The summed E-state index contributed by atoms with van der Waals surface area (Å²) >= 11 is 1.77. The van der Waals surface area contributed by atoms with Gasteiger partial charge in [-0.1, -0.05) is 36.0 Å². The molecule has 0 aliphatic heterocycles. The maximum atomic E-state index is 3.15. The average Bonchev–Trinajstić information content (AvgIpc) is 2.34. The van der Waals surface area contributed by atoms with E-state index in [1.807, 2.05) is 13.1 Å². The standard InChI is InChI=1S/C14H16N2S/c1-11-8-9-13(16-15-2)14(10-11)17-12-6-4-3-5-7-12/h3-10,15-16H,1-2H3. The minimum Gasteiger partial charge on any atom is -0.321 e. The van der Waals surface area contributed by atoms with Gasteiger partial charge in [0, 0.05) is 16.8 Å². The monoisotopic (exact) mass is 244 g/mol. The molecular weight excluding hydrogens is 228 g/mol. The first-order valence-electron chi connectivity index (χ1n) is 5.56. The summed E-state index contributed by atoms with van der Waals surface area (Å²) in [6, 6.07) is 16.8. The summed E-state index contributed by atoms with van der Waals surface area (Å²) in [5.74, 6) is 0. The molecule has 2 nitrogen and oxygen atoms in total. The summed E-state index contributed by atoms with van der Waals surface area (Å²) < 4.78 is 0. The number of hydrogen-bond donors (Lipinski definition) is 2. The van der Waals surface area contributed by atoms with E-state index in [1.165, 1.54) is 15.4 Å². The first-order valence-corrected chi connectivity index (χ1v) is 6.37. The van der Waals surface area contributed by atoms with Crippen LogP contribution in [0, 0.1) is 6.92 Å². The fourth-order valence-electron chi connectivity index (χ4n) is 1.57. The van der Waals surface area contributed by atoms with E-state index in [0.29, 0.717) is 0 Å². The molecule has 0 saturated carbocycles. The van der Waals surface area contributed by atoms with E-state index in [1.54, 1.807) is 11.8 Å². The van der Waals surface area contributed by atoms with Crippen molar-refractivity contribution in [3.8, 4) is 0 Å². The Balaban J connectivity index is 2.27. The van der Waals surface area contributed by atoms with Crippen molar-refractivity contribution < 1.29 is 0 Å². The Kier molecular flexibility index (Phi) is 4.07. The molecule has 0 bridgehead atoms. The Morgan fingerprint density at radius 3 is 2.47 bits per heavy atom. The van der Waals surface area contributed by atoms with Gasteiger partial charge in [0.1, 0.15) is 0 Å². The van der Waals surface area contributed by atoms with Crippen LogP contribution in [-0.4, -0.2) is 7.05 Å². The van der Waals surface area contributed by atoms with E-state index in [0.717, 1.165) is 5.69 Å². The van der Waals surface area contributed by atoms with Crippen LogP contribution in [0.15, 0.2) is 58.3 Å². The molecule has 0 radical (unpaired) electrons. The zero-order valence-electron chi connectivity index (χ0n) is 10.0. The SMILES string of the molecule is CNNc1ccc(C)cc1Sc1ccccc1. The van der Waals surface area contributed by atoms with E-state index in [9.17, 15) is 0 Å². The van der Waals surface area contributed by atoms with Crippen molar-refractivity contribution in [2.75, 3.05) is 12.5 Å². The van der Waals surface area contributed by atoms with Crippen LogP contribution in [0.25, 0.3) is 0 Å². The smallest absolute Gasteiger partial charge is 0.0627 e. The molecule has 0 heterocycles. The van der Waals surface area contributed by atoms with Gasteiger partial charge in [0.05, 0.1) is 5.69 Å². The molecule has 0 atom stereocenters. The Labute approximate surface area is 106 Å². The van der Waals surface area contributed by atoms with Crippen LogP contribution in [0.1, 0.15) is 5.56 Å². The molecular formula is C14H16N2S. The average molecular weight is 244 g/mol. The molecule has 0 aliphatic carbocycles. The van der Waals surface area contributed by atoms with Crippen LogP contribution < -0.4 is 10.9 Å². The van der Waals surface area contributed by atoms with Crippen molar-refractivity contribution in [3.63, 3.8) is 0 Å². The second-order valence-corrected chi connectivity index (χ2v) is 4.91. The first-order chi connectivity index (χ1) is 8.29. The second kappa shape index (κ2) is 5.75. The van der Waals surface area contributed by atoms with Gasteiger partial charge in [0.2, 0.25) is 0 Å². The molecule has 0 fully saturated rings. The minimum atomic E-state index is 1.10. The summed E-state index contributed by atoms with van der Waals surface area (Å²) in [5, 5.41) is 0. The molecule has 17 heavy (non-hydrogen) atoms. The van der Waals surface area contributed by atoms with Gasteiger partial charge in [-0.2, -0.15) is 0 Å². The number of hydrogen-bond acceptors (Lipinski definition) is 3. The van der Waals surface area contributed by atoms with Crippen LogP contribution in [0.4, 0.5) is 5.69 Å². The lowest BCUT2D eigenvalue weighted by atomic mass is 10.2. The lowest BCUT2D eigenvalue weighted by Crippen LogP contribution is -2.15. The normalized spacial score (nSPS) is 10.2. The Bertz CT molecular complexity index is 483. The number of anilines is 1. The van der Waals surface area contributed by atoms with Crippen LogP contribution in [0.3, 0.4) is 0 Å². The largest absolute Gasteiger partial charge is 0.321 e. The molecule has 0 unspecified atom stereocenters. The molecule has 0 amide bonds. The fourth-order valence-corrected chi connectivity index (χ4v) is 2.59. The Hall–Kier alpha value is -1.45. The van der Waals surface area contributed by atoms with Crippen molar-refractivity contribution in [3.05, 3.63) is 54.1 Å². The predicted octanol–water partition coefficient (Wildman–Crippen LogP) is 3.69. The van der Waals surface area contributed by atoms with Gasteiger partial charge in [-0.15, -0.1) is 0 Å². The van der Waals surface area contributed by atoms with Gasteiger partial charge in [-0.3, -0.25) is 0 Å². The maximum Gasteiger partial charge on any atom is 0.0627 e. The highest BCUT2D eigenvalue weighted by molar-refractivity contribution is 7.99. The number of rotatable bonds is 4. The van der Waals surface area contributed by atoms with Crippen LogP contribution >= 0.6 is 11.8 Å². The highest BCUT2D eigenvalue weighted by Crippen LogP contribution is 2.33. The van der Waals surface area contributed by atoms with E-state index in [4.69, 9.17) is 0 Å². The molecule has 0 aliphatic rings. The lowest BCUT2D eigenvalue weighted by Gasteiger charge is -2.11. The van der Waals surface area contributed by atoms with E-state index in [-0.39, 0.29) is 0 Å². The molecule has 0 aromatic heterocycles. The Morgan fingerprint density at radius 2 is 1.76 bits per heavy atom. The molecule has 3 heteroatoms.